The minimum Gasteiger partial charge on any atom is -0.341 e. The van der Waals surface area contributed by atoms with Crippen molar-refractivity contribution in [3.8, 4) is 0 Å². The predicted octanol–water partition coefficient (Wildman–Crippen LogP) is 0.789. The first-order chi connectivity index (χ1) is 14.5. The van der Waals surface area contributed by atoms with Gasteiger partial charge in [-0.15, -0.1) is 5.10 Å². The van der Waals surface area contributed by atoms with E-state index in [9.17, 15) is 19.2 Å². The van der Waals surface area contributed by atoms with E-state index < -0.39 is 23.8 Å². The second kappa shape index (κ2) is 7.88. The Morgan fingerprint density at radius 1 is 1.03 bits per heavy atom. The number of para-hydroxylation sites is 1. The molecule has 1 aliphatic heterocycles. The van der Waals surface area contributed by atoms with Crippen LogP contribution in [-0.2, 0) is 4.79 Å². The molecular formula is C18H15N6O5P. The average Bonchev–Trinajstić information content (AvgIpc) is 3.28. The number of nitrogens with zero attached hydrogens (tertiary/aromatic N) is 5. The predicted molar refractivity (Wildman–Crippen MR) is 106 cm³/mol. The lowest BCUT2D eigenvalue weighted by atomic mass is 10.1. The van der Waals surface area contributed by atoms with E-state index in [0.29, 0.717) is 16.0 Å². The third-order valence-corrected chi connectivity index (χ3v) is 4.74. The van der Waals surface area contributed by atoms with E-state index in [2.05, 4.69) is 15.4 Å². The van der Waals surface area contributed by atoms with Crippen LogP contribution in [0.5, 0.6) is 0 Å². The van der Waals surface area contributed by atoms with Crippen molar-refractivity contribution >= 4 is 44.2 Å². The molecule has 0 saturated heterocycles. The van der Waals surface area contributed by atoms with Gasteiger partial charge in [0, 0.05) is 6.42 Å². The molecule has 2 heterocycles. The molecule has 4 amide bonds. The van der Waals surface area contributed by atoms with E-state index in [4.69, 9.17) is 4.84 Å². The Kier molecular flexibility index (Phi) is 5.11. The molecule has 1 atom stereocenters. The Bertz CT molecular complexity index is 1140. The zero-order valence-electron chi connectivity index (χ0n) is 15.4. The van der Waals surface area contributed by atoms with Crippen LogP contribution in [0, 0.1) is 0 Å². The summed E-state index contributed by atoms with van der Waals surface area (Å²) in [5.74, 6) is -1.80. The molecule has 0 fully saturated rings. The average molecular weight is 426 g/mol. The maximum Gasteiger partial charge on any atom is 0.455 e. The third-order valence-electron chi connectivity index (χ3n) is 4.42. The van der Waals surface area contributed by atoms with Crippen LogP contribution in [0.3, 0.4) is 0 Å². The summed E-state index contributed by atoms with van der Waals surface area (Å²) in [4.78, 5) is 56.4. The van der Waals surface area contributed by atoms with E-state index >= 15 is 0 Å². The monoisotopic (exact) mass is 426 g/mol. The molecule has 0 bridgehead atoms. The van der Waals surface area contributed by atoms with Gasteiger partial charge in [0.1, 0.15) is 11.0 Å². The van der Waals surface area contributed by atoms with Gasteiger partial charge in [-0.05, 0) is 38.9 Å². The summed E-state index contributed by atoms with van der Waals surface area (Å²) in [7, 11) is 2.05. The van der Waals surface area contributed by atoms with Crippen molar-refractivity contribution in [2.45, 2.75) is 6.42 Å². The second-order valence-corrected chi connectivity index (χ2v) is 6.51. The maximum absolute atomic E-state index is 12.9. The molecule has 12 heteroatoms. The van der Waals surface area contributed by atoms with Crippen LogP contribution in [0.1, 0.15) is 27.1 Å². The van der Waals surface area contributed by atoms with Gasteiger partial charge in [0.25, 0.3) is 11.8 Å². The molecule has 3 aromatic rings. The molecule has 0 saturated carbocycles. The summed E-state index contributed by atoms with van der Waals surface area (Å²) in [5.41, 5.74) is 1.21. The molecule has 0 spiro atoms. The first-order valence-electron chi connectivity index (χ1n) is 8.78. The molecule has 1 aromatic heterocycles. The summed E-state index contributed by atoms with van der Waals surface area (Å²) in [6.45, 7) is -0.281. The number of carbonyl (C=O) groups is 4. The highest BCUT2D eigenvalue weighted by atomic mass is 31.0. The van der Waals surface area contributed by atoms with E-state index in [0.717, 1.165) is 9.85 Å². The molecule has 0 radical (unpaired) electrons. The maximum atomic E-state index is 12.9. The second-order valence-electron chi connectivity index (χ2n) is 6.22. The number of benzene rings is 2. The van der Waals surface area contributed by atoms with Gasteiger partial charge in [0.2, 0.25) is 5.91 Å². The highest BCUT2D eigenvalue weighted by molar-refractivity contribution is 7.15. The van der Waals surface area contributed by atoms with Gasteiger partial charge in [0.05, 0.1) is 17.7 Å². The lowest BCUT2D eigenvalue weighted by Gasteiger charge is -2.28. The zero-order chi connectivity index (χ0) is 21.3. The zero-order valence-corrected chi connectivity index (χ0v) is 16.5. The minimum atomic E-state index is -1.07. The van der Waals surface area contributed by atoms with Crippen LogP contribution in [-0.4, -0.2) is 55.5 Å². The lowest BCUT2D eigenvalue weighted by molar-refractivity contribution is -0.120. The smallest absolute Gasteiger partial charge is 0.341 e. The fourth-order valence-corrected chi connectivity index (χ4v) is 3.13. The van der Waals surface area contributed by atoms with E-state index in [1.54, 1.807) is 36.4 Å². The fraction of sp³-hybridized carbons (Fsp3) is 0.111. The van der Waals surface area contributed by atoms with Crippen molar-refractivity contribution in [3.05, 3.63) is 59.7 Å². The van der Waals surface area contributed by atoms with Crippen molar-refractivity contribution in [2.75, 3.05) is 6.54 Å². The van der Waals surface area contributed by atoms with Crippen LogP contribution < -0.4 is 9.92 Å². The van der Waals surface area contributed by atoms with Gasteiger partial charge in [-0.2, -0.15) is 5.01 Å². The minimum absolute atomic E-state index is 0.155. The lowest BCUT2D eigenvalue weighted by Crippen LogP contribution is -2.52. The number of amides is 4. The molecular weight excluding hydrogens is 411 g/mol. The Morgan fingerprint density at radius 2 is 1.67 bits per heavy atom. The van der Waals surface area contributed by atoms with Crippen molar-refractivity contribution in [1.29, 1.82) is 0 Å². The van der Waals surface area contributed by atoms with Gasteiger partial charge in [-0.3, -0.25) is 19.2 Å². The summed E-state index contributed by atoms with van der Waals surface area (Å²) in [6, 6.07) is 13.0. The van der Waals surface area contributed by atoms with E-state index in [-0.39, 0.29) is 24.1 Å². The normalized spacial score (nSPS) is 12.8. The largest absolute Gasteiger partial charge is 0.455 e. The SMILES string of the molecule is O=C(CCN(C(=O)On1nnc2ccccc21)N1C(=O)c2ccccc2C1=O)NP. The number of nitrogens with one attached hydrogen (secondary N) is 1. The number of hydrazine groups is 1. The molecule has 1 aliphatic rings. The number of hydrogen-bond donors (Lipinski definition) is 1. The number of hydrogen-bond acceptors (Lipinski definition) is 7. The Labute approximate surface area is 171 Å². The molecule has 30 heavy (non-hydrogen) atoms. The number of aromatic nitrogens is 3. The fourth-order valence-electron chi connectivity index (χ4n) is 2.98. The molecule has 1 unspecified atom stereocenters. The first kappa shape index (κ1) is 19.5. The highest BCUT2D eigenvalue weighted by Crippen LogP contribution is 2.24. The molecule has 2 aromatic carbocycles. The van der Waals surface area contributed by atoms with Crippen molar-refractivity contribution in [3.63, 3.8) is 0 Å². The number of imide groups is 1. The van der Waals surface area contributed by atoms with Crippen molar-refractivity contribution < 1.29 is 24.0 Å². The quantitative estimate of drug-likeness (QED) is 0.363. The highest BCUT2D eigenvalue weighted by Gasteiger charge is 2.42. The van der Waals surface area contributed by atoms with Crippen LogP contribution in [0.2, 0.25) is 0 Å². The van der Waals surface area contributed by atoms with Crippen LogP contribution in [0.15, 0.2) is 48.5 Å². The number of fused-ring (bicyclic) bond motifs is 2. The summed E-state index contributed by atoms with van der Waals surface area (Å²) >= 11 is 0. The van der Waals surface area contributed by atoms with Gasteiger partial charge in [-0.25, -0.2) is 9.80 Å². The van der Waals surface area contributed by atoms with E-state index in [1.807, 2.05) is 9.39 Å². The molecule has 0 aliphatic carbocycles. The first-order valence-corrected chi connectivity index (χ1v) is 9.36. The van der Waals surface area contributed by atoms with Crippen molar-refractivity contribution in [2.24, 2.45) is 0 Å². The summed E-state index contributed by atoms with van der Waals surface area (Å²) in [6.07, 6.45) is -1.25. The summed E-state index contributed by atoms with van der Waals surface area (Å²) in [5, 5.41) is 11.4. The van der Waals surface area contributed by atoms with Gasteiger partial charge in [0.15, 0.2) is 0 Å². The summed E-state index contributed by atoms with van der Waals surface area (Å²) < 4.78 is 0. The van der Waals surface area contributed by atoms with Crippen molar-refractivity contribution in [1.82, 2.24) is 30.3 Å². The molecule has 152 valence electrons. The van der Waals surface area contributed by atoms with Gasteiger partial charge in [-0.1, -0.05) is 29.1 Å². The molecule has 11 nitrogen and oxygen atoms in total. The Morgan fingerprint density at radius 3 is 2.33 bits per heavy atom. The van der Waals surface area contributed by atoms with Crippen LogP contribution >= 0.6 is 9.39 Å². The third kappa shape index (κ3) is 3.35. The Balaban J connectivity index is 1.64. The topological polar surface area (TPSA) is 127 Å². The molecule has 4 rings (SSSR count). The number of carbonyl (C=O) groups excluding carboxylic acids is 4. The van der Waals surface area contributed by atoms with Gasteiger partial charge < -0.3 is 5.09 Å². The molecule has 1 N–H and O–H groups in total. The number of rotatable bonds is 5. The Hall–Kier alpha value is -3.85. The standard InChI is InChI=1S/C18H15N6O5P/c25-15(20-30)9-10-22(23-16(26)11-5-1-2-6-12(11)17(23)27)18(28)29-24-14-8-4-3-7-13(14)19-21-24/h1-8H,9-10,30H2,(H,20,25). The van der Waals surface area contributed by atoms with Gasteiger partial charge >= 0.3 is 6.09 Å². The van der Waals surface area contributed by atoms with E-state index in [1.165, 1.54) is 12.1 Å². The van der Waals surface area contributed by atoms with Crippen LogP contribution in [0.4, 0.5) is 4.79 Å². The van der Waals surface area contributed by atoms with Crippen LogP contribution in [0.25, 0.3) is 11.0 Å².